The fourth-order valence-electron chi connectivity index (χ4n) is 2.34. The van der Waals surface area contributed by atoms with Crippen molar-refractivity contribution in [1.29, 1.82) is 0 Å². The summed E-state index contributed by atoms with van der Waals surface area (Å²) in [5.41, 5.74) is 1.87. The Bertz CT molecular complexity index is 491. The molecule has 1 aliphatic heterocycles. The van der Waals surface area contributed by atoms with Crippen LogP contribution >= 0.6 is 0 Å². The Morgan fingerprint density at radius 1 is 1.27 bits per heavy atom. The number of ether oxygens (including phenoxy) is 2. The number of amides is 1. The zero-order valence-corrected chi connectivity index (χ0v) is 13.7. The first kappa shape index (κ1) is 16.8. The van der Waals surface area contributed by atoms with Crippen molar-refractivity contribution in [2.24, 2.45) is 0 Å². The summed E-state index contributed by atoms with van der Waals surface area (Å²) in [5.74, 6) is 0. The van der Waals surface area contributed by atoms with Gasteiger partial charge in [-0.05, 0) is 31.9 Å². The van der Waals surface area contributed by atoms with Crippen molar-refractivity contribution in [2.75, 3.05) is 26.3 Å². The Morgan fingerprint density at radius 2 is 1.95 bits per heavy atom. The second-order valence-electron chi connectivity index (χ2n) is 6.56. The summed E-state index contributed by atoms with van der Waals surface area (Å²) in [6, 6.07) is 8.29. The molecule has 1 heterocycles. The van der Waals surface area contributed by atoms with Gasteiger partial charge in [-0.2, -0.15) is 0 Å². The van der Waals surface area contributed by atoms with Gasteiger partial charge in [0.1, 0.15) is 5.60 Å². The number of benzene rings is 1. The first-order valence-electron chi connectivity index (χ1n) is 7.77. The number of rotatable bonds is 4. The smallest absolute Gasteiger partial charge is 0.407 e. The van der Waals surface area contributed by atoms with Crippen LogP contribution in [0, 0.1) is 0 Å². The molecule has 1 aromatic rings. The van der Waals surface area contributed by atoms with Crippen molar-refractivity contribution >= 4 is 6.09 Å². The van der Waals surface area contributed by atoms with Crippen LogP contribution in [0.15, 0.2) is 24.3 Å². The summed E-state index contributed by atoms with van der Waals surface area (Å²) in [6.07, 6.45) is -0.383. The minimum Gasteiger partial charge on any atom is -0.444 e. The van der Waals surface area contributed by atoms with Crippen molar-refractivity contribution in [3.05, 3.63) is 35.4 Å². The van der Waals surface area contributed by atoms with E-state index in [0.717, 1.165) is 38.4 Å². The Kier molecular flexibility index (Phi) is 5.80. The summed E-state index contributed by atoms with van der Waals surface area (Å²) in [7, 11) is 0. The predicted octanol–water partition coefficient (Wildman–Crippen LogP) is 2.54. The summed E-state index contributed by atoms with van der Waals surface area (Å²) < 4.78 is 10.6. The van der Waals surface area contributed by atoms with E-state index < -0.39 is 5.60 Å². The average molecular weight is 306 g/mol. The van der Waals surface area contributed by atoms with E-state index in [1.54, 1.807) is 0 Å². The van der Waals surface area contributed by atoms with Crippen LogP contribution in [0.25, 0.3) is 0 Å². The highest BCUT2D eigenvalue weighted by atomic mass is 16.6. The third kappa shape index (κ3) is 6.03. The van der Waals surface area contributed by atoms with Crippen LogP contribution in [0.3, 0.4) is 0 Å². The molecule has 0 atom stereocenters. The van der Waals surface area contributed by atoms with E-state index in [-0.39, 0.29) is 6.09 Å². The van der Waals surface area contributed by atoms with E-state index in [9.17, 15) is 4.79 Å². The van der Waals surface area contributed by atoms with E-state index in [2.05, 4.69) is 22.3 Å². The molecule has 0 radical (unpaired) electrons. The van der Waals surface area contributed by atoms with Gasteiger partial charge in [0.25, 0.3) is 0 Å². The molecule has 22 heavy (non-hydrogen) atoms. The van der Waals surface area contributed by atoms with Crippen LogP contribution in [-0.2, 0) is 22.6 Å². The summed E-state index contributed by atoms with van der Waals surface area (Å²) in [5, 5.41) is 2.79. The van der Waals surface area contributed by atoms with Crippen molar-refractivity contribution < 1.29 is 14.3 Å². The number of nitrogens with one attached hydrogen (secondary N) is 1. The molecule has 1 aliphatic rings. The number of hydrogen-bond acceptors (Lipinski definition) is 4. The van der Waals surface area contributed by atoms with Gasteiger partial charge in [-0.25, -0.2) is 4.79 Å². The van der Waals surface area contributed by atoms with Crippen molar-refractivity contribution in [1.82, 2.24) is 10.2 Å². The van der Waals surface area contributed by atoms with E-state index in [0.29, 0.717) is 6.54 Å². The first-order chi connectivity index (χ1) is 10.4. The molecule has 1 saturated heterocycles. The number of nitrogens with zero attached hydrogens (tertiary/aromatic N) is 1. The van der Waals surface area contributed by atoms with Gasteiger partial charge in [0.15, 0.2) is 0 Å². The number of carbonyl (C=O) groups is 1. The molecule has 0 spiro atoms. The molecule has 2 rings (SSSR count). The molecule has 5 heteroatoms. The predicted molar refractivity (Wildman–Crippen MR) is 85.6 cm³/mol. The van der Waals surface area contributed by atoms with Gasteiger partial charge >= 0.3 is 6.09 Å². The standard InChI is InChI=1S/C17H26N2O3/c1-17(2,3)22-16(20)18-12-14-5-4-6-15(11-14)13-19-7-9-21-10-8-19/h4-6,11H,7-10,12-13H2,1-3H3,(H,18,20). The molecular weight excluding hydrogens is 280 g/mol. The van der Waals surface area contributed by atoms with Crippen LogP contribution in [-0.4, -0.2) is 42.9 Å². The van der Waals surface area contributed by atoms with Crippen molar-refractivity contribution in [2.45, 2.75) is 39.5 Å². The normalized spacial score (nSPS) is 16.3. The van der Waals surface area contributed by atoms with Crippen LogP contribution in [0.1, 0.15) is 31.9 Å². The molecule has 0 aromatic heterocycles. The minimum absolute atomic E-state index is 0.383. The highest BCUT2D eigenvalue weighted by molar-refractivity contribution is 5.67. The van der Waals surface area contributed by atoms with Crippen LogP contribution < -0.4 is 5.32 Å². The Labute approximate surface area is 132 Å². The second-order valence-corrected chi connectivity index (χ2v) is 6.56. The quantitative estimate of drug-likeness (QED) is 0.929. The Hall–Kier alpha value is -1.59. The highest BCUT2D eigenvalue weighted by Gasteiger charge is 2.16. The fraction of sp³-hybridized carbons (Fsp3) is 0.588. The van der Waals surface area contributed by atoms with Crippen LogP contribution in [0.2, 0.25) is 0 Å². The molecule has 1 aromatic carbocycles. The molecule has 0 saturated carbocycles. The number of carbonyl (C=O) groups excluding carboxylic acids is 1. The van der Waals surface area contributed by atoms with Gasteiger partial charge < -0.3 is 14.8 Å². The monoisotopic (exact) mass is 306 g/mol. The molecule has 1 fully saturated rings. The first-order valence-corrected chi connectivity index (χ1v) is 7.77. The molecule has 122 valence electrons. The second kappa shape index (κ2) is 7.61. The lowest BCUT2D eigenvalue weighted by molar-refractivity contribution is 0.0341. The maximum atomic E-state index is 11.7. The summed E-state index contributed by atoms with van der Waals surface area (Å²) in [6.45, 7) is 10.5. The largest absolute Gasteiger partial charge is 0.444 e. The minimum atomic E-state index is -0.470. The molecule has 0 aliphatic carbocycles. The third-order valence-corrected chi connectivity index (χ3v) is 3.34. The SMILES string of the molecule is CC(C)(C)OC(=O)NCc1cccc(CN2CCOCC2)c1. The van der Waals surface area contributed by atoms with Gasteiger partial charge in [-0.3, -0.25) is 4.90 Å². The highest BCUT2D eigenvalue weighted by Crippen LogP contribution is 2.11. The Morgan fingerprint density at radius 3 is 2.64 bits per heavy atom. The van der Waals surface area contributed by atoms with Crippen molar-refractivity contribution in [3.63, 3.8) is 0 Å². The molecular formula is C17H26N2O3. The zero-order chi connectivity index (χ0) is 16.0. The Balaban J connectivity index is 1.84. The van der Waals surface area contributed by atoms with Gasteiger partial charge in [0.2, 0.25) is 0 Å². The number of morpholine rings is 1. The van der Waals surface area contributed by atoms with E-state index in [4.69, 9.17) is 9.47 Å². The van der Waals surface area contributed by atoms with Gasteiger partial charge in [0, 0.05) is 26.2 Å². The molecule has 1 N–H and O–H groups in total. The summed E-state index contributed by atoms with van der Waals surface area (Å²) in [4.78, 5) is 14.1. The van der Waals surface area contributed by atoms with E-state index in [1.807, 2.05) is 32.9 Å². The lowest BCUT2D eigenvalue weighted by Crippen LogP contribution is -2.35. The van der Waals surface area contributed by atoms with Crippen LogP contribution in [0.4, 0.5) is 4.79 Å². The average Bonchev–Trinajstić information content (AvgIpc) is 2.45. The molecule has 1 amide bonds. The zero-order valence-electron chi connectivity index (χ0n) is 13.7. The van der Waals surface area contributed by atoms with E-state index >= 15 is 0 Å². The third-order valence-electron chi connectivity index (χ3n) is 3.34. The van der Waals surface area contributed by atoms with E-state index in [1.165, 1.54) is 5.56 Å². The van der Waals surface area contributed by atoms with Gasteiger partial charge in [0.05, 0.1) is 13.2 Å². The van der Waals surface area contributed by atoms with Crippen LogP contribution in [0.5, 0.6) is 0 Å². The van der Waals surface area contributed by atoms with Gasteiger partial charge in [-0.15, -0.1) is 0 Å². The molecule has 0 bridgehead atoms. The number of alkyl carbamates (subject to hydrolysis) is 1. The molecule has 0 unspecified atom stereocenters. The lowest BCUT2D eigenvalue weighted by atomic mass is 10.1. The maximum absolute atomic E-state index is 11.7. The van der Waals surface area contributed by atoms with Crippen molar-refractivity contribution in [3.8, 4) is 0 Å². The van der Waals surface area contributed by atoms with Gasteiger partial charge in [-0.1, -0.05) is 24.3 Å². The molecule has 5 nitrogen and oxygen atoms in total. The number of hydrogen-bond donors (Lipinski definition) is 1. The topological polar surface area (TPSA) is 50.8 Å². The summed E-state index contributed by atoms with van der Waals surface area (Å²) >= 11 is 0. The fourth-order valence-corrected chi connectivity index (χ4v) is 2.34. The lowest BCUT2D eigenvalue weighted by Gasteiger charge is -2.26. The maximum Gasteiger partial charge on any atom is 0.407 e.